The number of ether oxygens (including phenoxy) is 1. The number of hydrogen-bond acceptors (Lipinski definition) is 5. The zero-order valence-corrected chi connectivity index (χ0v) is 13.6. The number of imide groups is 2. The molecule has 0 bridgehead atoms. The maximum atomic E-state index is 12.8. The lowest BCUT2D eigenvalue weighted by atomic mass is 10.0. The van der Waals surface area contributed by atoms with Crippen LogP contribution >= 0.6 is 0 Å². The molecule has 1 aromatic carbocycles. The third-order valence-corrected chi connectivity index (χ3v) is 4.32. The fourth-order valence-corrected chi connectivity index (χ4v) is 3.22. The zero-order chi connectivity index (χ0) is 17.4. The molecule has 1 fully saturated rings. The minimum atomic E-state index is -0.940. The molecule has 1 atom stereocenters. The molecule has 2 aliphatic rings. The molecule has 2 heterocycles. The molecule has 3 rings (SSSR count). The largest absolute Gasteiger partial charge is 0.493 e. The Kier molecular flexibility index (Phi) is 4.09. The van der Waals surface area contributed by atoms with E-state index in [1.54, 1.807) is 32.0 Å². The van der Waals surface area contributed by atoms with Crippen molar-refractivity contribution in [3.8, 4) is 5.75 Å². The standard InChI is InChI=1S/C17H18N2O5/c1-3-18-13(20)9-8-11(16(18)22)19-15(21)10-6-5-7-12(24-4-2)14(10)17(19)23/h5-7,11H,3-4,8-9H2,1-2H3. The van der Waals surface area contributed by atoms with Gasteiger partial charge in [-0.05, 0) is 32.4 Å². The summed E-state index contributed by atoms with van der Waals surface area (Å²) in [4.78, 5) is 51.9. The molecule has 0 spiro atoms. The first-order valence-corrected chi connectivity index (χ1v) is 7.99. The number of carbonyl (C=O) groups excluding carboxylic acids is 4. The third-order valence-electron chi connectivity index (χ3n) is 4.32. The monoisotopic (exact) mass is 330 g/mol. The van der Waals surface area contributed by atoms with E-state index in [4.69, 9.17) is 4.74 Å². The summed E-state index contributed by atoms with van der Waals surface area (Å²) in [5.74, 6) is -1.49. The van der Waals surface area contributed by atoms with Gasteiger partial charge in [0.25, 0.3) is 17.7 Å². The molecular weight excluding hydrogens is 312 g/mol. The van der Waals surface area contributed by atoms with E-state index < -0.39 is 23.8 Å². The number of hydrogen-bond donors (Lipinski definition) is 0. The predicted octanol–water partition coefficient (Wildman–Crippen LogP) is 1.22. The summed E-state index contributed by atoms with van der Waals surface area (Å²) in [7, 11) is 0. The number of benzene rings is 1. The molecule has 0 aromatic heterocycles. The van der Waals surface area contributed by atoms with Crippen molar-refractivity contribution in [3.05, 3.63) is 29.3 Å². The highest BCUT2D eigenvalue weighted by Gasteiger charge is 2.47. The van der Waals surface area contributed by atoms with Gasteiger partial charge in [0.05, 0.1) is 17.7 Å². The lowest BCUT2D eigenvalue weighted by Gasteiger charge is -2.33. The van der Waals surface area contributed by atoms with Crippen molar-refractivity contribution in [1.82, 2.24) is 9.80 Å². The predicted molar refractivity (Wildman–Crippen MR) is 83.5 cm³/mol. The summed E-state index contributed by atoms with van der Waals surface area (Å²) in [6.07, 6.45) is 0.291. The Hall–Kier alpha value is -2.70. The van der Waals surface area contributed by atoms with Crippen molar-refractivity contribution >= 4 is 23.6 Å². The molecule has 7 heteroatoms. The van der Waals surface area contributed by atoms with E-state index >= 15 is 0 Å². The van der Waals surface area contributed by atoms with Gasteiger partial charge >= 0.3 is 0 Å². The van der Waals surface area contributed by atoms with Gasteiger partial charge in [-0.1, -0.05) is 6.07 Å². The molecule has 1 aromatic rings. The van der Waals surface area contributed by atoms with Crippen LogP contribution in [-0.2, 0) is 9.59 Å². The van der Waals surface area contributed by atoms with Crippen LogP contribution in [0.25, 0.3) is 0 Å². The molecule has 0 N–H and O–H groups in total. The van der Waals surface area contributed by atoms with Crippen LogP contribution in [0, 0.1) is 0 Å². The highest BCUT2D eigenvalue weighted by molar-refractivity contribution is 6.24. The summed E-state index contributed by atoms with van der Waals surface area (Å²) in [5.41, 5.74) is 0.427. The van der Waals surface area contributed by atoms with Crippen LogP contribution in [0.15, 0.2) is 18.2 Å². The molecule has 7 nitrogen and oxygen atoms in total. The van der Waals surface area contributed by atoms with Crippen LogP contribution in [0.3, 0.4) is 0 Å². The number of carbonyl (C=O) groups is 4. The van der Waals surface area contributed by atoms with E-state index in [1.807, 2.05) is 0 Å². The van der Waals surface area contributed by atoms with Gasteiger partial charge in [-0.25, -0.2) is 0 Å². The van der Waals surface area contributed by atoms with Crippen LogP contribution in [-0.4, -0.2) is 52.6 Å². The van der Waals surface area contributed by atoms with Gasteiger partial charge in [0.2, 0.25) is 5.91 Å². The van der Waals surface area contributed by atoms with Crippen molar-refractivity contribution in [2.45, 2.75) is 32.7 Å². The number of rotatable bonds is 4. The topological polar surface area (TPSA) is 84.0 Å². The zero-order valence-electron chi connectivity index (χ0n) is 13.6. The maximum absolute atomic E-state index is 12.8. The molecular formula is C17H18N2O5. The quantitative estimate of drug-likeness (QED) is 0.775. The van der Waals surface area contributed by atoms with Gasteiger partial charge in [0, 0.05) is 13.0 Å². The van der Waals surface area contributed by atoms with Crippen molar-refractivity contribution in [2.75, 3.05) is 13.2 Å². The highest BCUT2D eigenvalue weighted by atomic mass is 16.5. The second-order valence-corrected chi connectivity index (χ2v) is 5.62. The van der Waals surface area contributed by atoms with Crippen LogP contribution in [0.2, 0.25) is 0 Å². The molecule has 1 saturated heterocycles. The Morgan fingerprint density at radius 3 is 2.54 bits per heavy atom. The minimum Gasteiger partial charge on any atom is -0.493 e. The first-order valence-electron chi connectivity index (χ1n) is 7.99. The third kappa shape index (κ3) is 2.28. The van der Waals surface area contributed by atoms with Gasteiger partial charge in [-0.2, -0.15) is 0 Å². The summed E-state index contributed by atoms with van der Waals surface area (Å²) < 4.78 is 5.44. The summed E-state index contributed by atoms with van der Waals surface area (Å²) in [6.45, 7) is 4.06. The Morgan fingerprint density at radius 2 is 1.88 bits per heavy atom. The van der Waals surface area contributed by atoms with Gasteiger partial charge in [-0.15, -0.1) is 0 Å². The van der Waals surface area contributed by atoms with E-state index in [0.717, 1.165) is 9.80 Å². The summed E-state index contributed by atoms with van der Waals surface area (Å²) >= 11 is 0. The molecule has 0 aliphatic carbocycles. The lowest BCUT2D eigenvalue weighted by molar-refractivity contribution is -0.151. The smallest absolute Gasteiger partial charge is 0.266 e. The number of piperidine rings is 1. The maximum Gasteiger partial charge on any atom is 0.266 e. The van der Waals surface area contributed by atoms with Gasteiger partial charge in [0.15, 0.2) is 0 Å². The van der Waals surface area contributed by atoms with Crippen LogP contribution in [0.5, 0.6) is 5.75 Å². The molecule has 2 aliphatic heterocycles. The Bertz CT molecular complexity index is 742. The molecule has 4 amide bonds. The molecule has 0 radical (unpaired) electrons. The number of fused-ring (bicyclic) bond motifs is 1. The van der Waals surface area contributed by atoms with E-state index in [2.05, 4.69) is 0 Å². The molecule has 1 unspecified atom stereocenters. The average molecular weight is 330 g/mol. The molecule has 126 valence electrons. The highest BCUT2D eigenvalue weighted by Crippen LogP contribution is 2.34. The van der Waals surface area contributed by atoms with E-state index in [1.165, 1.54) is 0 Å². The van der Waals surface area contributed by atoms with E-state index in [0.29, 0.717) is 12.4 Å². The SMILES string of the molecule is CCOc1cccc2c1C(=O)N(C1CCC(=O)N(CC)C1=O)C2=O. The first-order chi connectivity index (χ1) is 11.5. The van der Waals surface area contributed by atoms with Crippen molar-refractivity contribution in [3.63, 3.8) is 0 Å². The van der Waals surface area contributed by atoms with Crippen molar-refractivity contribution < 1.29 is 23.9 Å². The number of likely N-dealkylation sites (tertiary alicyclic amines) is 1. The number of likely N-dealkylation sites (N-methyl/N-ethyl adjacent to an activating group) is 1. The number of nitrogens with zero attached hydrogens (tertiary/aromatic N) is 2. The van der Waals surface area contributed by atoms with E-state index in [-0.39, 0.29) is 36.4 Å². The van der Waals surface area contributed by atoms with Gasteiger partial charge in [-0.3, -0.25) is 29.0 Å². The summed E-state index contributed by atoms with van der Waals surface area (Å²) in [5, 5.41) is 0. The van der Waals surface area contributed by atoms with E-state index in [9.17, 15) is 19.2 Å². The van der Waals surface area contributed by atoms with Crippen LogP contribution in [0.4, 0.5) is 0 Å². The van der Waals surface area contributed by atoms with Crippen LogP contribution in [0.1, 0.15) is 47.4 Å². The normalized spacial score (nSPS) is 20.7. The Morgan fingerprint density at radius 1 is 1.12 bits per heavy atom. The van der Waals surface area contributed by atoms with Crippen molar-refractivity contribution in [1.29, 1.82) is 0 Å². The second-order valence-electron chi connectivity index (χ2n) is 5.62. The number of amides is 4. The molecule has 0 saturated carbocycles. The second kappa shape index (κ2) is 6.07. The molecule has 24 heavy (non-hydrogen) atoms. The fourth-order valence-electron chi connectivity index (χ4n) is 3.22. The Balaban J connectivity index is 1.98. The average Bonchev–Trinajstić information content (AvgIpc) is 2.81. The van der Waals surface area contributed by atoms with Gasteiger partial charge in [0.1, 0.15) is 11.8 Å². The van der Waals surface area contributed by atoms with Gasteiger partial charge < -0.3 is 4.74 Å². The lowest BCUT2D eigenvalue weighted by Crippen LogP contribution is -2.55. The van der Waals surface area contributed by atoms with Crippen molar-refractivity contribution in [2.24, 2.45) is 0 Å². The summed E-state index contributed by atoms with van der Waals surface area (Å²) in [6, 6.07) is 3.88. The first kappa shape index (κ1) is 16.2. The van der Waals surface area contributed by atoms with Crippen LogP contribution < -0.4 is 4.74 Å². The minimum absolute atomic E-state index is 0.135. The fraction of sp³-hybridized carbons (Fsp3) is 0.412. The Labute approximate surface area is 139 Å².